The van der Waals surface area contributed by atoms with Gasteiger partial charge in [0.1, 0.15) is 5.76 Å². The van der Waals surface area contributed by atoms with Gasteiger partial charge >= 0.3 is 0 Å². The van der Waals surface area contributed by atoms with Gasteiger partial charge in [-0.2, -0.15) is 0 Å². The predicted octanol–water partition coefficient (Wildman–Crippen LogP) is 1.31. The third-order valence-electron chi connectivity index (χ3n) is 3.30. The highest BCUT2D eigenvalue weighted by molar-refractivity contribution is 5.03. The first-order valence-electron chi connectivity index (χ1n) is 6.74. The molecule has 0 aromatic carbocycles. The van der Waals surface area contributed by atoms with Crippen molar-refractivity contribution in [2.24, 2.45) is 5.73 Å². The highest BCUT2D eigenvalue weighted by Crippen LogP contribution is 2.16. The van der Waals surface area contributed by atoms with E-state index < -0.39 is 0 Å². The van der Waals surface area contributed by atoms with E-state index in [-0.39, 0.29) is 0 Å². The number of ether oxygens (including phenoxy) is 1. The maximum atomic E-state index is 5.79. The second kappa shape index (κ2) is 6.87. The molecule has 0 aliphatic carbocycles. The molecule has 1 aromatic heterocycles. The largest absolute Gasteiger partial charge is 0.378 e. The summed E-state index contributed by atoms with van der Waals surface area (Å²) in [5, 5.41) is 4.03. The summed E-state index contributed by atoms with van der Waals surface area (Å²) in [5.41, 5.74) is 6.47. The van der Waals surface area contributed by atoms with Gasteiger partial charge in [0.2, 0.25) is 0 Å². The molecule has 0 atom stereocenters. The molecule has 2 heterocycles. The summed E-state index contributed by atoms with van der Waals surface area (Å²) in [6.07, 6.45) is 3.56. The molecule has 102 valence electrons. The molecule has 1 aromatic rings. The molecule has 2 N–H and O–H groups in total. The van der Waals surface area contributed by atoms with Gasteiger partial charge in [0, 0.05) is 32.3 Å². The predicted molar refractivity (Wildman–Crippen MR) is 69.2 cm³/mol. The molecular formula is C13H23N3O2. The smallest absolute Gasteiger partial charge is 0.133 e. The van der Waals surface area contributed by atoms with Crippen LogP contribution in [0, 0.1) is 6.92 Å². The van der Waals surface area contributed by atoms with Gasteiger partial charge in [-0.05, 0) is 32.7 Å². The average Bonchev–Trinajstić information content (AvgIpc) is 2.77. The molecule has 5 heteroatoms. The van der Waals surface area contributed by atoms with Crippen LogP contribution in [0.25, 0.3) is 0 Å². The molecule has 1 aliphatic rings. The highest BCUT2D eigenvalue weighted by atomic mass is 16.5. The Morgan fingerprint density at radius 2 is 2.28 bits per heavy atom. The maximum absolute atomic E-state index is 5.79. The molecule has 18 heavy (non-hydrogen) atoms. The summed E-state index contributed by atoms with van der Waals surface area (Å²) in [4.78, 5) is 2.40. The summed E-state index contributed by atoms with van der Waals surface area (Å²) in [6, 6.07) is 2.00. The van der Waals surface area contributed by atoms with Crippen molar-refractivity contribution >= 4 is 0 Å². The minimum absolute atomic E-state index is 0.409. The van der Waals surface area contributed by atoms with Crippen LogP contribution in [0.4, 0.5) is 0 Å². The maximum Gasteiger partial charge on any atom is 0.133 e. The number of nitrogens with zero attached hydrogens (tertiary/aromatic N) is 2. The van der Waals surface area contributed by atoms with E-state index in [9.17, 15) is 0 Å². The number of piperidine rings is 1. The number of aryl methyl sites for hydroxylation is 1. The fourth-order valence-corrected chi connectivity index (χ4v) is 2.29. The molecule has 0 saturated carbocycles. The zero-order valence-corrected chi connectivity index (χ0v) is 11.1. The molecule has 0 unspecified atom stereocenters. The first-order chi connectivity index (χ1) is 8.78. The van der Waals surface area contributed by atoms with Gasteiger partial charge in [-0.25, -0.2) is 0 Å². The third-order valence-corrected chi connectivity index (χ3v) is 3.30. The van der Waals surface area contributed by atoms with Crippen LogP contribution in [0.15, 0.2) is 10.6 Å². The number of rotatable bonds is 6. The molecule has 1 saturated heterocycles. The molecule has 1 fully saturated rings. The van der Waals surface area contributed by atoms with Crippen molar-refractivity contribution in [1.82, 2.24) is 10.1 Å². The number of aromatic nitrogens is 1. The normalized spacial score (nSPS) is 18.3. The Balaban J connectivity index is 1.67. The van der Waals surface area contributed by atoms with E-state index in [1.165, 1.54) is 0 Å². The minimum Gasteiger partial charge on any atom is -0.378 e. The molecule has 0 radical (unpaired) electrons. The van der Waals surface area contributed by atoms with Crippen molar-refractivity contribution < 1.29 is 9.26 Å². The second-order valence-electron chi connectivity index (χ2n) is 4.92. The summed E-state index contributed by atoms with van der Waals surface area (Å²) in [7, 11) is 0. The lowest BCUT2D eigenvalue weighted by atomic mass is 10.1. The van der Waals surface area contributed by atoms with Gasteiger partial charge in [0.05, 0.1) is 11.8 Å². The van der Waals surface area contributed by atoms with Crippen LogP contribution < -0.4 is 5.73 Å². The lowest BCUT2D eigenvalue weighted by Crippen LogP contribution is -2.36. The van der Waals surface area contributed by atoms with E-state index in [0.29, 0.717) is 12.6 Å². The SMILES string of the molecule is Cc1cc(CN2CCC(OCCCN)CC2)no1. The van der Waals surface area contributed by atoms with Gasteiger partial charge in [-0.15, -0.1) is 0 Å². The fraction of sp³-hybridized carbons (Fsp3) is 0.769. The van der Waals surface area contributed by atoms with E-state index in [4.69, 9.17) is 15.0 Å². The molecule has 5 nitrogen and oxygen atoms in total. The van der Waals surface area contributed by atoms with Gasteiger partial charge in [0.15, 0.2) is 0 Å². The molecule has 0 amide bonds. The molecule has 2 rings (SSSR count). The monoisotopic (exact) mass is 253 g/mol. The third kappa shape index (κ3) is 4.08. The Bertz CT molecular complexity index is 346. The molecule has 0 bridgehead atoms. The van der Waals surface area contributed by atoms with Crippen molar-refractivity contribution in [3.05, 3.63) is 17.5 Å². The van der Waals surface area contributed by atoms with E-state index in [2.05, 4.69) is 10.1 Å². The summed E-state index contributed by atoms with van der Waals surface area (Å²) in [6.45, 7) is 6.45. The van der Waals surface area contributed by atoms with Gasteiger partial charge < -0.3 is 15.0 Å². The number of hydrogen-bond acceptors (Lipinski definition) is 5. The highest BCUT2D eigenvalue weighted by Gasteiger charge is 2.20. The van der Waals surface area contributed by atoms with Crippen LogP contribution in [-0.4, -0.2) is 42.4 Å². The van der Waals surface area contributed by atoms with E-state index in [1.54, 1.807) is 0 Å². The quantitative estimate of drug-likeness (QED) is 0.774. The van der Waals surface area contributed by atoms with Crippen molar-refractivity contribution in [2.45, 2.75) is 38.8 Å². The molecule has 1 aliphatic heterocycles. The van der Waals surface area contributed by atoms with Crippen LogP contribution in [0.5, 0.6) is 0 Å². The summed E-state index contributed by atoms with van der Waals surface area (Å²) in [5.74, 6) is 0.880. The standard InChI is InChI=1S/C13H23N3O2/c1-11-9-12(15-18-11)10-16-6-3-13(4-7-16)17-8-2-5-14/h9,13H,2-8,10,14H2,1H3. The Hall–Kier alpha value is -0.910. The van der Waals surface area contributed by atoms with Crippen molar-refractivity contribution in [2.75, 3.05) is 26.2 Å². The van der Waals surface area contributed by atoms with Crippen LogP contribution in [0.2, 0.25) is 0 Å². The van der Waals surface area contributed by atoms with Crippen molar-refractivity contribution in [3.63, 3.8) is 0 Å². The number of nitrogens with two attached hydrogens (primary N) is 1. The number of likely N-dealkylation sites (tertiary alicyclic amines) is 1. The molecule has 0 spiro atoms. The zero-order chi connectivity index (χ0) is 12.8. The first kappa shape index (κ1) is 13.5. The second-order valence-corrected chi connectivity index (χ2v) is 4.92. The van der Waals surface area contributed by atoms with E-state index >= 15 is 0 Å². The lowest BCUT2D eigenvalue weighted by Gasteiger charge is -2.31. The Morgan fingerprint density at radius 1 is 1.50 bits per heavy atom. The summed E-state index contributed by atoms with van der Waals surface area (Å²) >= 11 is 0. The van der Waals surface area contributed by atoms with Crippen LogP contribution in [-0.2, 0) is 11.3 Å². The van der Waals surface area contributed by atoms with E-state index in [1.807, 2.05) is 13.0 Å². The van der Waals surface area contributed by atoms with Crippen LogP contribution in [0.3, 0.4) is 0 Å². The summed E-state index contributed by atoms with van der Waals surface area (Å²) < 4.78 is 10.9. The van der Waals surface area contributed by atoms with Gasteiger partial charge in [0.25, 0.3) is 0 Å². The Kier molecular flexibility index (Phi) is 5.16. The molecular weight excluding hydrogens is 230 g/mol. The van der Waals surface area contributed by atoms with Gasteiger partial charge in [-0.3, -0.25) is 4.90 Å². The van der Waals surface area contributed by atoms with Crippen molar-refractivity contribution in [3.8, 4) is 0 Å². The lowest BCUT2D eigenvalue weighted by molar-refractivity contribution is 0.00526. The Labute approximate surface area is 108 Å². The van der Waals surface area contributed by atoms with Crippen LogP contribution >= 0.6 is 0 Å². The van der Waals surface area contributed by atoms with Crippen molar-refractivity contribution in [1.29, 1.82) is 0 Å². The topological polar surface area (TPSA) is 64.5 Å². The zero-order valence-electron chi connectivity index (χ0n) is 11.1. The minimum atomic E-state index is 0.409. The average molecular weight is 253 g/mol. The fourth-order valence-electron chi connectivity index (χ4n) is 2.29. The van der Waals surface area contributed by atoms with Crippen LogP contribution in [0.1, 0.15) is 30.7 Å². The number of hydrogen-bond donors (Lipinski definition) is 1. The Morgan fingerprint density at radius 3 is 2.89 bits per heavy atom. The van der Waals surface area contributed by atoms with E-state index in [0.717, 1.165) is 57.0 Å². The van der Waals surface area contributed by atoms with Gasteiger partial charge in [-0.1, -0.05) is 5.16 Å². The first-order valence-corrected chi connectivity index (χ1v) is 6.74.